The molecule has 0 aliphatic heterocycles. The molecule has 5 heteroatoms. The van der Waals surface area contributed by atoms with E-state index in [2.05, 4.69) is 38.4 Å². The largest absolute Gasteiger partial charge is 0.277 e. The molecular weight excluding hydrogens is 202 g/mol. The van der Waals surface area contributed by atoms with Crippen molar-refractivity contribution < 1.29 is 0 Å². The van der Waals surface area contributed by atoms with Crippen LogP contribution in [0.1, 0.15) is 11.4 Å². The molecule has 0 bridgehead atoms. The van der Waals surface area contributed by atoms with Gasteiger partial charge in [-0.2, -0.15) is 10.2 Å². The highest BCUT2D eigenvalue weighted by atomic mass is 15.2. The molecule has 3 rings (SSSR count). The Balaban J connectivity index is 2.27. The molecule has 0 amide bonds. The summed E-state index contributed by atoms with van der Waals surface area (Å²) >= 11 is 0. The Labute approximate surface area is 91.9 Å². The van der Waals surface area contributed by atoms with Crippen LogP contribution in [0.25, 0.3) is 22.4 Å². The first-order valence-electron chi connectivity index (χ1n) is 5.08. The van der Waals surface area contributed by atoms with Crippen molar-refractivity contribution in [2.24, 2.45) is 0 Å². The van der Waals surface area contributed by atoms with Crippen molar-refractivity contribution in [2.45, 2.75) is 13.8 Å². The maximum Gasteiger partial charge on any atom is 0.202 e. The summed E-state index contributed by atoms with van der Waals surface area (Å²) in [6.45, 7) is 3.93. The molecule has 1 aromatic carbocycles. The van der Waals surface area contributed by atoms with Crippen molar-refractivity contribution in [1.82, 2.24) is 25.4 Å². The number of aromatic amines is 2. The van der Waals surface area contributed by atoms with Crippen LogP contribution in [-0.2, 0) is 0 Å². The number of hydrogen-bond acceptors (Lipinski definition) is 3. The topological polar surface area (TPSA) is 70.2 Å². The van der Waals surface area contributed by atoms with Gasteiger partial charge < -0.3 is 0 Å². The van der Waals surface area contributed by atoms with E-state index in [1.807, 2.05) is 19.1 Å². The number of hydrogen-bond donors (Lipinski definition) is 2. The van der Waals surface area contributed by atoms with E-state index in [0.29, 0.717) is 5.82 Å². The van der Waals surface area contributed by atoms with Crippen molar-refractivity contribution >= 4 is 10.9 Å². The van der Waals surface area contributed by atoms with Gasteiger partial charge in [0.2, 0.25) is 5.82 Å². The first kappa shape index (κ1) is 9.08. The SMILES string of the molecule is Cc1ccc2[nH]nc(-c3n[nH]c(C)n3)c2c1. The molecule has 0 unspecified atom stereocenters. The fourth-order valence-electron chi connectivity index (χ4n) is 1.75. The first-order valence-corrected chi connectivity index (χ1v) is 5.08. The number of H-pyrrole nitrogens is 2. The lowest BCUT2D eigenvalue weighted by Gasteiger charge is -1.93. The van der Waals surface area contributed by atoms with E-state index in [1.54, 1.807) is 0 Å². The van der Waals surface area contributed by atoms with Crippen LogP contribution in [-0.4, -0.2) is 25.4 Å². The molecular formula is C11H11N5. The van der Waals surface area contributed by atoms with Crippen molar-refractivity contribution in [2.75, 3.05) is 0 Å². The molecule has 0 saturated heterocycles. The van der Waals surface area contributed by atoms with Gasteiger partial charge in [0.15, 0.2) is 0 Å². The summed E-state index contributed by atoms with van der Waals surface area (Å²) in [6.07, 6.45) is 0. The van der Waals surface area contributed by atoms with E-state index in [9.17, 15) is 0 Å². The molecule has 16 heavy (non-hydrogen) atoms. The van der Waals surface area contributed by atoms with Crippen LogP contribution in [0.4, 0.5) is 0 Å². The third-order valence-corrected chi connectivity index (χ3v) is 2.53. The van der Waals surface area contributed by atoms with Gasteiger partial charge in [-0.1, -0.05) is 11.6 Å². The number of benzene rings is 1. The summed E-state index contributed by atoms with van der Waals surface area (Å²) in [5, 5.41) is 15.2. The minimum atomic E-state index is 0.634. The van der Waals surface area contributed by atoms with Gasteiger partial charge in [-0.3, -0.25) is 10.2 Å². The fraction of sp³-hybridized carbons (Fsp3) is 0.182. The Kier molecular flexibility index (Phi) is 1.80. The Morgan fingerprint density at radius 3 is 2.69 bits per heavy atom. The molecule has 0 aliphatic rings. The summed E-state index contributed by atoms with van der Waals surface area (Å²) in [5.41, 5.74) is 2.99. The monoisotopic (exact) mass is 213 g/mol. The van der Waals surface area contributed by atoms with Gasteiger partial charge in [-0.25, -0.2) is 4.98 Å². The third-order valence-electron chi connectivity index (χ3n) is 2.53. The van der Waals surface area contributed by atoms with Gasteiger partial charge >= 0.3 is 0 Å². The van der Waals surface area contributed by atoms with Crippen LogP contribution in [0.2, 0.25) is 0 Å². The lowest BCUT2D eigenvalue weighted by molar-refractivity contribution is 1.03. The molecule has 0 aliphatic carbocycles. The highest BCUT2D eigenvalue weighted by molar-refractivity contribution is 5.91. The smallest absolute Gasteiger partial charge is 0.202 e. The number of fused-ring (bicyclic) bond motifs is 1. The van der Waals surface area contributed by atoms with E-state index in [0.717, 1.165) is 22.4 Å². The second-order valence-corrected chi connectivity index (χ2v) is 3.87. The molecule has 0 fully saturated rings. The second kappa shape index (κ2) is 3.16. The summed E-state index contributed by atoms with van der Waals surface area (Å²) in [6, 6.07) is 6.15. The van der Waals surface area contributed by atoms with E-state index >= 15 is 0 Å². The van der Waals surface area contributed by atoms with E-state index in [4.69, 9.17) is 0 Å². The second-order valence-electron chi connectivity index (χ2n) is 3.87. The maximum absolute atomic E-state index is 4.28. The quantitative estimate of drug-likeness (QED) is 0.649. The van der Waals surface area contributed by atoms with Crippen LogP contribution >= 0.6 is 0 Å². The minimum Gasteiger partial charge on any atom is -0.277 e. The number of aromatic nitrogens is 5. The van der Waals surface area contributed by atoms with Gasteiger partial charge in [-0.05, 0) is 26.0 Å². The molecule has 0 atom stereocenters. The summed E-state index contributed by atoms with van der Waals surface area (Å²) in [7, 11) is 0. The molecule has 0 spiro atoms. The number of rotatable bonds is 1. The molecule has 3 aromatic rings. The van der Waals surface area contributed by atoms with E-state index in [-0.39, 0.29) is 0 Å². The standard InChI is InChI=1S/C11H11N5/c1-6-3-4-9-8(5-6)10(15-14-9)11-12-7(2)13-16-11/h3-5H,1-2H3,(H,14,15)(H,12,13,16). The van der Waals surface area contributed by atoms with E-state index in [1.165, 1.54) is 5.56 Å². The average Bonchev–Trinajstić information content (AvgIpc) is 2.83. The van der Waals surface area contributed by atoms with Crippen LogP contribution in [0.15, 0.2) is 18.2 Å². The summed E-state index contributed by atoms with van der Waals surface area (Å²) in [4.78, 5) is 4.28. The van der Waals surface area contributed by atoms with Crippen LogP contribution in [0.3, 0.4) is 0 Å². The minimum absolute atomic E-state index is 0.634. The highest BCUT2D eigenvalue weighted by Crippen LogP contribution is 2.24. The Bertz CT molecular complexity index is 649. The zero-order valence-electron chi connectivity index (χ0n) is 9.07. The number of aryl methyl sites for hydroxylation is 2. The lowest BCUT2D eigenvalue weighted by atomic mass is 10.1. The summed E-state index contributed by atoms with van der Waals surface area (Å²) in [5.74, 6) is 1.42. The highest BCUT2D eigenvalue weighted by Gasteiger charge is 2.11. The van der Waals surface area contributed by atoms with Gasteiger partial charge in [0.25, 0.3) is 0 Å². The predicted octanol–water partition coefficient (Wildman–Crippen LogP) is 1.96. The summed E-state index contributed by atoms with van der Waals surface area (Å²) < 4.78 is 0. The van der Waals surface area contributed by atoms with Crippen molar-refractivity contribution in [1.29, 1.82) is 0 Å². The van der Waals surface area contributed by atoms with Gasteiger partial charge in [0.1, 0.15) is 11.5 Å². The van der Waals surface area contributed by atoms with Gasteiger partial charge in [0, 0.05) is 5.39 Å². The molecule has 0 saturated carbocycles. The van der Waals surface area contributed by atoms with Crippen molar-refractivity contribution in [3.05, 3.63) is 29.6 Å². The van der Waals surface area contributed by atoms with Gasteiger partial charge in [-0.15, -0.1) is 0 Å². The zero-order chi connectivity index (χ0) is 11.1. The predicted molar refractivity (Wildman–Crippen MR) is 60.9 cm³/mol. The molecule has 80 valence electrons. The van der Waals surface area contributed by atoms with Gasteiger partial charge in [0.05, 0.1) is 5.52 Å². The molecule has 0 radical (unpaired) electrons. The van der Waals surface area contributed by atoms with Crippen molar-refractivity contribution in [3.8, 4) is 11.5 Å². The van der Waals surface area contributed by atoms with Crippen LogP contribution in [0, 0.1) is 13.8 Å². The third kappa shape index (κ3) is 1.29. The Morgan fingerprint density at radius 1 is 1.06 bits per heavy atom. The fourth-order valence-corrected chi connectivity index (χ4v) is 1.75. The molecule has 2 N–H and O–H groups in total. The molecule has 2 aromatic heterocycles. The maximum atomic E-state index is 4.28. The van der Waals surface area contributed by atoms with Crippen LogP contribution < -0.4 is 0 Å². The normalized spacial score (nSPS) is 11.1. The lowest BCUT2D eigenvalue weighted by Crippen LogP contribution is -1.82. The zero-order valence-corrected chi connectivity index (χ0v) is 9.07. The van der Waals surface area contributed by atoms with Crippen molar-refractivity contribution in [3.63, 3.8) is 0 Å². The number of nitrogens with one attached hydrogen (secondary N) is 2. The Hall–Kier alpha value is -2.17. The number of nitrogens with zero attached hydrogens (tertiary/aromatic N) is 3. The first-order chi connectivity index (χ1) is 7.74. The average molecular weight is 213 g/mol. The molecule has 2 heterocycles. The van der Waals surface area contributed by atoms with Crippen LogP contribution in [0.5, 0.6) is 0 Å². The van der Waals surface area contributed by atoms with E-state index < -0.39 is 0 Å². The Morgan fingerprint density at radius 2 is 1.94 bits per heavy atom. The molecule has 5 nitrogen and oxygen atoms in total.